The van der Waals surface area contributed by atoms with E-state index in [1.807, 2.05) is 19.1 Å². The zero-order valence-electron chi connectivity index (χ0n) is 19.6. The van der Waals surface area contributed by atoms with Crippen LogP contribution in [-0.4, -0.2) is 6.61 Å². The molecule has 4 rings (SSSR count). The third-order valence-corrected chi connectivity index (χ3v) is 7.88. The molecule has 0 aliphatic carbocycles. The van der Waals surface area contributed by atoms with E-state index in [1.165, 1.54) is 23.5 Å². The zero-order chi connectivity index (χ0) is 25.9. The Balaban J connectivity index is 1.92. The van der Waals surface area contributed by atoms with Gasteiger partial charge in [-0.2, -0.15) is 0 Å². The molecule has 0 spiro atoms. The first kappa shape index (κ1) is 26.8. The molecule has 3 aromatic carbocycles. The maximum Gasteiger partial charge on any atom is 0.271 e. The lowest BCUT2D eigenvalue weighted by Gasteiger charge is -2.16. The molecule has 1 aromatic heterocycles. The van der Waals surface area contributed by atoms with Crippen molar-refractivity contribution in [2.45, 2.75) is 26.2 Å². The van der Waals surface area contributed by atoms with Crippen molar-refractivity contribution in [2.24, 2.45) is 0 Å². The zero-order valence-corrected chi connectivity index (χ0v) is 23.6. The van der Waals surface area contributed by atoms with E-state index < -0.39 is 17.3 Å². The molecular formula is C27H24F3INO2PS. The van der Waals surface area contributed by atoms with Crippen molar-refractivity contribution in [3.63, 3.8) is 0 Å². The van der Waals surface area contributed by atoms with Crippen molar-refractivity contribution in [3.8, 4) is 27.7 Å². The predicted molar refractivity (Wildman–Crippen MR) is 155 cm³/mol. The van der Waals surface area contributed by atoms with E-state index in [0.717, 1.165) is 46.5 Å². The highest BCUT2D eigenvalue weighted by Crippen LogP contribution is 2.51. The van der Waals surface area contributed by atoms with Crippen LogP contribution in [0.1, 0.15) is 31.4 Å². The van der Waals surface area contributed by atoms with Gasteiger partial charge in [0.15, 0.2) is 5.75 Å². The van der Waals surface area contributed by atoms with Crippen LogP contribution in [0, 0.1) is 5.82 Å². The standard InChI is InChI=1S/C27H24F3INO2PS/c1-4-14-33-17-7-9-18(10-8-17)34-24-21-12-13-23(32-35-31)19(5-2)25(21)36-26(24)20-11-6-16(28)15-22(20)27(3,29)30/h5-13,15,32,35H,2,4,14H2,1,3H3. The molecule has 0 amide bonds. The Labute approximate surface area is 227 Å². The number of thiophene rings is 1. The van der Waals surface area contributed by atoms with E-state index >= 15 is 0 Å². The van der Waals surface area contributed by atoms with Crippen LogP contribution in [0.5, 0.6) is 17.2 Å². The monoisotopic (exact) mass is 641 g/mol. The van der Waals surface area contributed by atoms with Crippen LogP contribution in [0.4, 0.5) is 18.9 Å². The average molecular weight is 641 g/mol. The van der Waals surface area contributed by atoms with Crippen LogP contribution in [-0.2, 0) is 5.92 Å². The lowest BCUT2D eigenvalue weighted by atomic mass is 9.99. The Bertz CT molecular complexity index is 1390. The number of alkyl halides is 2. The minimum absolute atomic E-state index is 0.225. The molecule has 1 heterocycles. The van der Waals surface area contributed by atoms with Crippen LogP contribution >= 0.6 is 39.8 Å². The highest BCUT2D eigenvalue weighted by atomic mass is 127. The first-order valence-electron chi connectivity index (χ1n) is 11.2. The molecule has 1 N–H and O–H groups in total. The maximum absolute atomic E-state index is 14.6. The van der Waals surface area contributed by atoms with Crippen molar-refractivity contribution in [1.29, 1.82) is 0 Å². The van der Waals surface area contributed by atoms with Crippen molar-refractivity contribution < 1.29 is 22.6 Å². The summed E-state index contributed by atoms with van der Waals surface area (Å²) in [6.07, 6.45) is 3.08. The van der Waals surface area contributed by atoms with Crippen molar-refractivity contribution in [3.05, 3.63) is 78.1 Å². The van der Waals surface area contributed by atoms with Gasteiger partial charge >= 0.3 is 0 Å². The topological polar surface area (TPSA) is 30.5 Å². The lowest BCUT2D eigenvalue weighted by molar-refractivity contribution is 0.0178. The summed E-state index contributed by atoms with van der Waals surface area (Å²) in [6, 6.07) is 14.5. The minimum Gasteiger partial charge on any atom is -0.494 e. The van der Waals surface area contributed by atoms with E-state index in [9.17, 15) is 13.2 Å². The van der Waals surface area contributed by atoms with Gasteiger partial charge in [-0.3, -0.25) is 0 Å². The van der Waals surface area contributed by atoms with Crippen molar-refractivity contribution in [2.75, 3.05) is 11.7 Å². The maximum atomic E-state index is 14.6. The molecule has 0 saturated heterocycles. The number of fused-ring (bicyclic) bond motifs is 1. The van der Waals surface area contributed by atoms with Gasteiger partial charge in [0.2, 0.25) is 0 Å². The second kappa shape index (κ2) is 11.4. The molecule has 1 unspecified atom stereocenters. The molecule has 0 aliphatic heterocycles. The van der Waals surface area contributed by atoms with E-state index in [2.05, 4.69) is 33.7 Å². The number of rotatable bonds is 10. The number of hydrogen-bond acceptors (Lipinski definition) is 4. The van der Waals surface area contributed by atoms with E-state index in [4.69, 9.17) is 9.47 Å². The summed E-state index contributed by atoms with van der Waals surface area (Å²) in [5, 5.41) is 4.09. The fourth-order valence-electron chi connectivity index (χ4n) is 3.82. The first-order chi connectivity index (χ1) is 17.3. The Morgan fingerprint density at radius 1 is 1.11 bits per heavy atom. The Morgan fingerprint density at radius 2 is 1.83 bits per heavy atom. The normalized spacial score (nSPS) is 11.8. The fourth-order valence-corrected chi connectivity index (χ4v) is 6.32. The summed E-state index contributed by atoms with van der Waals surface area (Å²) >= 11 is 3.56. The van der Waals surface area contributed by atoms with Crippen LogP contribution < -0.4 is 14.6 Å². The van der Waals surface area contributed by atoms with Crippen LogP contribution in [0.3, 0.4) is 0 Å². The number of benzene rings is 3. The van der Waals surface area contributed by atoms with Gasteiger partial charge in [-0.1, -0.05) is 25.6 Å². The summed E-state index contributed by atoms with van der Waals surface area (Å²) in [5.74, 6) is -2.29. The molecule has 0 radical (unpaired) electrons. The second-order valence-corrected chi connectivity index (χ2v) is 11.2. The van der Waals surface area contributed by atoms with Gasteiger partial charge in [-0.25, -0.2) is 13.2 Å². The van der Waals surface area contributed by atoms with Crippen LogP contribution in [0.25, 0.3) is 26.6 Å². The molecule has 1 atom stereocenters. The van der Waals surface area contributed by atoms with Crippen LogP contribution in [0.2, 0.25) is 0 Å². The third-order valence-electron chi connectivity index (χ3n) is 5.45. The fraction of sp³-hybridized carbons (Fsp3) is 0.185. The Hall–Kier alpha value is -2.29. The van der Waals surface area contributed by atoms with Crippen molar-refractivity contribution in [1.82, 2.24) is 0 Å². The quantitative estimate of drug-likeness (QED) is 0.138. The average Bonchev–Trinajstić information content (AvgIpc) is 3.21. The smallest absolute Gasteiger partial charge is 0.271 e. The molecule has 4 aromatic rings. The van der Waals surface area contributed by atoms with Gasteiger partial charge in [0.1, 0.15) is 17.3 Å². The highest BCUT2D eigenvalue weighted by Gasteiger charge is 2.31. The molecule has 0 bridgehead atoms. The first-order valence-corrected chi connectivity index (χ1v) is 16.1. The largest absolute Gasteiger partial charge is 0.494 e. The summed E-state index contributed by atoms with van der Waals surface area (Å²) in [5.41, 5.74) is 1.58. The van der Waals surface area contributed by atoms with Gasteiger partial charge in [0, 0.05) is 45.8 Å². The second-order valence-electron chi connectivity index (χ2n) is 8.09. The summed E-state index contributed by atoms with van der Waals surface area (Å²) in [4.78, 5) is 0.491. The minimum atomic E-state index is -3.25. The molecule has 0 aliphatic rings. The molecule has 36 heavy (non-hydrogen) atoms. The molecular weight excluding hydrogens is 617 g/mol. The van der Waals surface area contributed by atoms with Gasteiger partial charge in [-0.05, 0) is 77.0 Å². The van der Waals surface area contributed by atoms with Gasteiger partial charge < -0.3 is 14.6 Å². The molecule has 0 fully saturated rings. The van der Waals surface area contributed by atoms with Gasteiger partial charge in [0.05, 0.1) is 11.5 Å². The third kappa shape index (κ3) is 5.66. The molecule has 3 nitrogen and oxygen atoms in total. The van der Waals surface area contributed by atoms with Gasteiger partial charge in [-0.15, -0.1) is 11.3 Å². The van der Waals surface area contributed by atoms with Crippen molar-refractivity contribution >= 4 is 61.6 Å². The van der Waals surface area contributed by atoms with E-state index in [0.29, 0.717) is 29.4 Å². The number of hydrogen-bond donors (Lipinski definition) is 1. The lowest BCUT2D eigenvalue weighted by Crippen LogP contribution is -2.09. The number of ether oxygens (including phenoxy) is 2. The molecule has 9 heteroatoms. The number of nitrogens with one attached hydrogen (secondary N) is 1. The predicted octanol–water partition coefficient (Wildman–Crippen LogP) is 10.4. The summed E-state index contributed by atoms with van der Waals surface area (Å²) in [6.45, 7) is 7.37. The van der Waals surface area contributed by atoms with Crippen LogP contribution in [0.15, 0.2) is 61.2 Å². The summed E-state index contributed by atoms with van der Waals surface area (Å²) < 4.78 is 56.1. The Kier molecular flexibility index (Phi) is 8.48. The highest BCUT2D eigenvalue weighted by molar-refractivity contribution is 14.2. The molecule has 188 valence electrons. The summed E-state index contributed by atoms with van der Waals surface area (Å²) in [7, 11) is 0. The Morgan fingerprint density at radius 3 is 2.47 bits per heavy atom. The van der Waals surface area contributed by atoms with E-state index in [1.54, 1.807) is 30.3 Å². The SMILES string of the molecule is C=Cc1c(NPI)ccc2c(Oc3ccc(OCCC)cc3)c(-c3ccc(F)cc3C(C)(F)F)sc12. The number of halogens is 4. The number of anilines is 1. The van der Waals surface area contributed by atoms with Gasteiger partial charge in [0.25, 0.3) is 5.92 Å². The molecule has 0 saturated carbocycles. The van der Waals surface area contributed by atoms with E-state index in [-0.39, 0.29) is 5.56 Å².